The van der Waals surface area contributed by atoms with Crippen LogP contribution in [-0.2, 0) is 0 Å². The lowest BCUT2D eigenvalue weighted by molar-refractivity contribution is 0.102. The van der Waals surface area contributed by atoms with Crippen LogP contribution in [0.25, 0.3) is 11.5 Å². The number of halogens is 1. The number of ether oxygens (including phenoxy) is 2. The number of benzene rings is 2. The highest BCUT2D eigenvalue weighted by Gasteiger charge is 2.17. The van der Waals surface area contributed by atoms with Crippen LogP contribution in [-0.4, -0.2) is 29.3 Å². The Morgan fingerprint density at radius 2 is 2.07 bits per heavy atom. The number of rotatable bonds is 6. The SMILES string of the molecule is COc1cc(C(=O)Nc2cccc(-c3nnco3)c2)cc(Cl)c1OC(C)C. The minimum Gasteiger partial charge on any atom is -0.493 e. The largest absolute Gasteiger partial charge is 0.493 e. The van der Waals surface area contributed by atoms with Crippen molar-refractivity contribution in [3.63, 3.8) is 0 Å². The maximum Gasteiger partial charge on any atom is 0.255 e. The fraction of sp³-hybridized carbons (Fsp3) is 0.211. The summed E-state index contributed by atoms with van der Waals surface area (Å²) in [7, 11) is 1.49. The van der Waals surface area contributed by atoms with E-state index in [4.69, 9.17) is 25.5 Å². The Kier molecular flexibility index (Phi) is 5.61. The summed E-state index contributed by atoms with van der Waals surface area (Å²) < 4.78 is 16.2. The van der Waals surface area contributed by atoms with Gasteiger partial charge in [-0.1, -0.05) is 17.7 Å². The van der Waals surface area contributed by atoms with Gasteiger partial charge in [-0.3, -0.25) is 4.79 Å². The molecule has 0 saturated heterocycles. The molecule has 0 spiro atoms. The van der Waals surface area contributed by atoms with E-state index in [-0.39, 0.29) is 12.0 Å². The number of amides is 1. The second kappa shape index (κ2) is 8.09. The van der Waals surface area contributed by atoms with Crippen LogP contribution in [0.15, 0.2) is 47.2 Å². The van der Waals surface area contributed by atoms with Gasteiger partial charge in [-0.15, -0.1) is 10.2 Å². The number of nitrogens with zero attached hydrogens (tertiary/aromatic N) is 2. The summed E-state index contributed by atoms with van der Waals surface area (Å²) in [6, 6.07) is 10.2. The van der Waals surface area contributed by atoms with Crippen molar-refractivity contribution in [2.75, 3.05) is 12.4 Å². The Bertz CT molecular complexity index is 942. The number of aromatic nitrogens is 2. The molecule has 0 aliphatic rings. The van der Waals surface area contributed by atoms with Gasteiger partial charge in [0.15, 0.2) is 11.5 Å². The zero-order valence-electron chi connectivity index (χ0n) is 15.0. The monoisotopic (exact) mass is 387 g/mol. The molecule has 1 amide bonds. The van der Waals surface area contributed by atoms with Crippen LogP contribution < -0.4 is 14.8 Å². The predicted molar refractivity (Wildman–Crippen MR) is 101 cm³/mol. The summed E-state index contributed by atoms with van der Waals surface area (Å²) in [5.41, 5.74) is 1.62. The molecule has 27 heavy (non-hydrogen) atoms. The molecule has 2 aromatic carbocycles. The van der Waals surface area contributed by atoms with Crippen LogP contribution in [0.1, 0.15) is 24.2 Å². The average Bonchev–Trinajstić information content (AvgIpc) is 3.18. The van der Waals surface area contributed by atoms with Gasteiger partial charge in [0, 0.05) is 16.8 Å². The van der Waals surface area contributed by atoms with E-state index in [0.29, 0.717) is 39.2 Å². The molecule has 0 fully saturated rings. The number of anilines is 1. The van der Waals surface area contributed by atoms with E-state index in [9.17, 15) is 4.79 Å². The number of carbonyl (C=O) groups excluding carboxylic acids is 1. The molecule has 1 heterocycles. The van der Waals surface area contributed by atoms with Gasteiger partial charge in [0.25, 0.3) is 5.91 Å². The smallest absolute Gasteiger partial charge is 0.255 e. The topological polar surface area (TPSA) is 86.5 Å². The minimum atomic E-state index is -0.339. The van der Waals surface area contributed by atoms with Gasteiger partial charge in [0.1, 0.15) is 0 Å². The summed E-state index contributed by atoms with van der Waals surface area (Å²) in [6.07, 6.45) is 1.17. The summed E-state index contributed by atoms with van der Waals surface area (Å²) in [5.74, 6) is 0.824. The van der Waals surface area contributed by atoms with Gasteiger partial charge in [0.2, 0.25) is 12.3 Å². The predicted octanol–water partition coefficient (Wildman–Crippen LogP) is 4.44. The lowest BCUT2D eigenvalue weighted by Crippen LogP contribution is -2.13. The number of hydrogen-bond acceptors (Lipinski definition) is 6. The number of carbonyl (C=O) groups is 1. The number of nitrogens with one attached hydrogen (secondary N) is 1. The third kappa shape index (κ3) is 4.38. The van der Waals surface area contributed by atoms with Crippen molar-refractivity contribution in [2.24, 2.45) is 0 Å². The van der Waals surface area contributed by atoms with Crippen molar-refractivity contribution < 1.29 is 18.7 Å². The molecule has 0 aliphatic carbocycles. The molecule has 0 aliphatic heterocycles. The lowest BCUT2D eigenvalue weighted by Gasteiger charge is -2.16. The fourth-order valence-electron chi connectivity index (χ4n) is 2.43. The first kappa shape index (κ1) is 18.7. The highest BCUT2D eigenvalue weighted by atomic mass is 35.5. The van der Waals surface area contributed by atoms with Crippen LogP contribution in [0.4, 0.5) is 5.69 Å². The van der Waals surface area contributed by atoms with E-state index in [0.717, 1.165) is 0 Å². The molecule has 3 aromatic rings. The van der Waals surface area contributed by atoms with Crippen LogP contribution in [0.3, 0.4) is 0 Å². The molecule has 0 radical (unpaired) electrons. The molecule has 0 bridgehead atoms. The molecule has 0 unspecified atom stereocenters. The minimum absolute atomic E-state index is 0.0801. The quantitative estimate of drug-likeness (QED) is 0.672. The third-order valence-electron chi connectivity index (χ3n) is 3.57. The van der Waals surface area contributed by atoms with E-state index in [2.05, 4.69) is 15.5 Å². The number of methoxy groups -OCH3 is 1. The van der Waals surface area contributed by atoms with Crippen LogP contribution in [0.2, 0.25) is 5.02 Å². The Morgan fingerprint density at radius 3 is 2.74 bits per heavy atom. The van der Waals surface area contributed by atoms with Crippen molar-refractivity contribution in [1.29, 1.82) is 0 Å². The van der Waals surface area contributed by atoms with Crippen LogP contribution >= 0.6 is 11.6 Å². The van der Waals surface area contributed by atoms with Crippen LogP contribution in [0, 0.1) is 0 Å². The standard InChI is InChI=1S/C19H18ClN3O4/c1-11(2)27-17-15(20)8-13(9-16(17)25-3)18(24)22-14-6-4-5-12(7-14)19-23-21-10-26-19/h4-11H,1-3H3,(H,22,24). The molecule has 0 saturated carbocycles. The maximum absolute atomic E-state index is 12.6. The zero-order valence-corrected chi connectivity index (χ0v) is 15.8. The second-order valence-corrected chi connectivity index (χ2v) is 6.34. The van der Waals surface area contributed by atoms with E-state index < -0.39 is 0 Å². The molecule has 0 atom stereocenters. The molecule has 8 heteroatoms. The Balaban J connectivity index is 1.84. The first-order valence-electron chi connectivity index (χ1n) is 8.20. The highest BCUT2D eigenvalue weighted by Crippen LogP contribution is 2.37. The Morgan fingerprint density at radius 1 is 1.26 bits per heavy atom. The first-order chi connectivity index (χ1) is 13.0. The van der Waals surface area contributed by atoms with Crippen molar-refractivity contribution in [3.8, 4) is 23.0 Å². The van der Waals surface area contributed by atoms with E-state index in [1.54, 1.807) is 36.4 Å². The second-order valence-electron chi connectivity index (χ2n) is 5.93. The van der Waals surface area contributed by atoms with Gasteiger partial charge in [-0.2, -0.15) is 0 Å². The molecular formula is C19H18ClN3O4. The summed E-state index contributed by atoms with van der Waals surface area (Å²) in [5, 5.41) is 10.6. The third-order valence-corrected chi connectivity index (χ3v) is 3.85. The maximum atomic E-state index is 12.6. The molecular weight excluding hydrogens is 370 g/mol. The van der Waals surface area contributed by atoms with Gasteiger partial charge in [0.05, 0.1) is 18.2 Å². The zero-order chi connectivity index (χ0) is 19.4. The van der Waals surface area contributed by atoms with Gasteiger partial charge in [-0.05, 0) is 44.2 Å². The fourth-order valence-corrected chi connectivity index (χ4v) is 2.69. The molecule has 140 valence electrons. The summed E-state index contributed by atoms with van der Waals surface area (Å²) >= 11 is 6.28. The lowest BCUT2D eigenvalue weighted by atomic mass is 10.1. The molecule has 1 aromatic heterocycles. The van der Waals surface area contributed by atoms with Crippen molar-refractivity contribution in [3.05, 3.63) is 53.4 Å². The Hall–Kier alpha value is -3.06. The van der Waals surface area contributed by atoms with Crippen LogP contribution in [0.5, 0.6) is 11.5 Å². The van der Waals surface area contributed by atoms with Gasteiger partial charge < -0.3 is 19.2 Å². The first-order valence-corrected chi connectivity index (χ1v) is 8.58. The van der Waals surface area contributed by atoms with Crippen molar-refractivity contribution >= 4 is 23.2 Å². The number of hydrogen-bond donors (Lipinski definition) is 1. The van der Waals surface area contributed by atoms with E-state index >= 15 is 0 Å². The molecule has 7 nitrogen and oxygen atoms in total. The molecule has 3 rings (SSSR count). The Labute approximate surface area is 161 Å². The van der Waals surface area contributed by atoms with Crippen molar-refractivity contribution in [2.45, 2.75) is 20.0 Å². The molecule has 1 N–H and O–H groups in total. The van der Waals surface area contributed by atoms with E-state index in [1.165, 1.54) is 13.5 Å². The normalized spacial score (nSPS) is 10.7. The van der Waals surface area contributed by atoms with Gasteiger partial charge in [-0.25, -0.2) is 0 Å². The summed E-state index contributed by atoms with van der Waals surface area (Å²) in [6.45, 7) is 3.76. The van der Waals surface area contributed by atoms with E-state index in [1.807, 2.05) is 13.8 Å². The highest BCUT2D eigenvalue weighted by molar-refractivity contribution is 6.32. The van der Waals surface area contributed by atoms with Gasteiger partial charge >= 0.3 is 0 Å². The average molecular weight is 388 g/mol. The van der Waals surface area contributed by atoms with Crippen molar-refractivity contribution in [1.82, 2.24) is 10.2 Å². The summed E-state index contributed by atoms with van der Waals surface area (Å²) in [4.78, 5) is 12.6.